The lowest BCUT2D eigenvalue weighted by atomic mass is 10.1. The molecule has 3 N–H and O–H groups in total. The zero-order valence-electron chi connectivity index (χ0n) is 14.8. The van der Waals surface area contributed by atoms with Gasteiger partial charge < -0.3 is 16.0 Å². The number of benzene rings is 1. The first kappa shape index (κ1) is 18.7. The first-order valence-electron chi connectivity index (χ1n) is 8.66. The molecule has 1 atom stereocenters. The van der Waals surface area contributed by atoms with Crippen LogP contribution >= 0.6 is 0 Å². The monoisotopic (exact) mass is 380 g/mol. The number of carbonyl (C=O) groups excluding carboxylic acids is 2. The number of hydrogen-bond donors (Lipinski definition) is 2. The smallest absolute Gasteiger partial charge is 0.321 e. The zero-order chi connectivity index (χ0) is 18.9. The third kappa shape index (κ3) is 4.16. The molecule has 1 aromatic rings. The van der Waals surface area contributed by atoms with E-state index in [1.807, 2.05) is 6.92 Å². The minimum absolute atomic E-state index is 0.0692. The molecule has 1 aromatic carbocycles. The summed E-state index contributed by atoms with van der Waals surface area (Å²) in [7, 11) is -2.90. The number of nitrogens with one attached hydrogen (secondary N) is 1. The van der Waals surface area contributed by atoms with Gasteiger partial charge in [-0.15, -0.1) is 0 Å². The van der Waals surface area contributed by atoms with Crippen LogP contribution in [0.4, 0.5) is 10.5 Å². The minimum atomic E-state index is -2.90. The minimum Gasteiger partial charge on any atom is -0.366 e. The average molecular weight is 380 g/mol. The molecule has 2 fully saturated rings. The Kier molecular flexibility index (Phi) is 5.19. The molecule has 3 amide bonds. The molecule has 2 aliphatic heterocycles. The molecule has 3 rings (SSSR count). The van der Waals surface area contributed by atoms with Gasteiger partial charge in [0.1, 0.15) is 0 Å². The number of carbonyl (C=O) groups is 2. The molecule has 0 spiro atoms. The Bertz CT molecular complexity index is 816. The third-order valence-corrected chi connectivity index (χ3v) is 6.84. The molecule has 1 unspecified atom stereocenters. The predicted molar refractivity (Wildman–Crippen MR) is 98.9 cm³/mol. The number of nitrogens with two attached hydrogens (primary N) is 1. The van der Waals surface area contributed by atoms with E-state index in [0.29, 0.717) is 43.9 Å². The Labute approximate surface area is 153 Å². The Morgan fingerprint density at radius 2 is 1.88 bits per heavy atom. The number of sulfone groups is 1. The molecule has 2 saturated heterocycles. The fourth-order valence-electron chi connectivity index (χ4n) is 3.46. The van der Waals surface area contributed by atoms with E-state index >= 15 is 0 Å². The van der Waals surface area contributed by atoms with Crippen molar-refractivity contribution in [3.8, 4) is 0 Å². The summed E-state index contributed by atoms with van der Waals surface area (Å²) in [6.07, 6.45) is 0.674. The summed E-state index contributed by atoms with van der Waals surface area (Å²) in [6, 6.07) is 4.79. The Balaban J connectivity index is 1.57. The molecule has 2 aliphatic rings. The maximum Gasteiger partial charge on any atom is 0.321 e. The number of rotatable bonds is 3. The van der Waals surface area contributed by atoms with Gasteiger partial charge in [-0.2, -0.15) is 0 Å². The van der Waals surface area contributed by atoms with Crippen LogP contribution in [0.2, 0.25) is 0 Å². The van der Waals surface area contributed by atoms with Crippen molar-refractivity contribution in [1.29, 1.82) is 0 Å². The van der Waals surface area contributed by atoms with Crippen molar-refractivity contribution in [3.05, 3.63) is 29.3 Å². The molecule has 142 valence electrons. The number of hydrogen-bond acceptors (Lipinski definition) is 5. The van der Waals surface area contributed by atoms with Crippen molar-refractivity contribution >= 4 is 27.5 Å². The summed E-state index contributed by atoms with van der Waals surface area (Å²) in [5.74, 6) is -0.0628. The maximum atomic E-state index is 12.5. The topological polar surface area (TPSA) is 113 Å². The number of amides is 3. The molecule has 9 heteroatoms. The predicted octanol–water partition coefficient (Wildman–Crippen LogP) is 0.431. The number of anilines is 1. The Morgan fingerprint density at radius 1 is 1.19 bits per heavy atom. The zero-order valence-corrected chi connectivity index (χ0v) is 15.6. The van der Waals surface area contributed by atoms with Gasteiger partial charge in [-0.25, -0.2) is 13.2 Å². The van der Waals surface area contributed by atoms with Gasteiger partial charge >= 0.3 is 6.03 Å². The molecule has 26 heavy (non-hydrogen) atoms. The van der Waals surface area contributed by atoms with E-state index in [0.717, 1.165) is 5.56 Å². The largest absolute Gasteiger partial charge is 0.366 e. The Hall–Kier alpha value is -2.13. The number of urea groups is 1. The first-order chi connectivity index (χ1) is 12.2. The van der Waals surface area contributed by atoms with Gasteiger partial charge in [-0.1, -0.05) is 6.07 Å². The second-order valence-corrected chi connectivity index (χ2v) is 9.13. The van der Waals surface area contributed by atoms with E-state index in [-0.39, 0.29) is 23.6 Å². The molecule has 0 saturated carbocycles. The van der Waals surface area contributed by atoms with Gasteiger partial charge in [0.15, 0.2) is 9.84 Å². The fraction of sp³-hybridized carbons (Fsp3) is 0.529. The second-order valence-electron chi connectivity index (χ2n) is 6.90. The summed E-state index contributed by atoms with van der Waals surface area (Å²) >= 11 is 0. The number of piperazine rings is 1. The molecular formula is C17H24N4O4S. The van der Waals surface area contributed by atoms with Crippen LogP contribution in [0.15, 0.2) is 18.2 Å². The lowest BCUT2D eigenvalue weighted by Gasteiger charge is -2.37. The maximum absolute atomic E-state index is 12.5. The van der Waals surface area contributed by atoms with Gasteiger partial charge in [-0.3, -0.25) is 9.69 Å². The molecule has 0 bridgehead atoms. The van der Waals surface area contributed by atoms with E-state index in [1.165, 1.54) is 0 Å². The molecule has 0 aromatic heterocycles. The van der Waals surface area contributed by atoms with Gasteiger partial charge in [-0.05, 0) is 31.0 Å². The lowest BCUT2D eigenvalue weighted by molar-refractivity contribution is 0.1000. The summed E-state index contributed by atoms with van der Waals surface area (Å²) in [5, 5.41) is 2.84. The standard InChI is InChI=1S/C17H24N4O4S/c1-12-2-3-13(16(18)22)10-15(12)19-17(23)21-7-5-20(6-8-21)14-4-9-26(24,25)11-14/h2-3,10,14H,4-9,11H2,1H3,(H2,18,22)(H,19,23). The van der Waals surface area contributed by atoms with Gasteiger partial charge in [0.05, 0.1) is 11.5 Å². The lowest BCUT2D eigenvalue weighted by Crippen LogP contribution is -2.53. The molecule has 0 radical (unpaired) electrons. The van der Waals surface area contributed by atoms with Crippen LogP contribution in [0, 0.1) is 6.92 Å². The van der Waals surface area contributed by atoms with E-state index in [9.17, 15) is 18.0 Å². The van der Waals surface area contributed by atoms with Gasteiger partial charge in [0, 0.05) is 43.5 Å². The third-order valence-electron chi connectivity index (χ3n) is 5.09. The first-order valence-corrected chi connectivity index (χ1v) is 10.5. The average Bonchev–Trinajstić information content (AvgIpc) is 2.96. The van der Waals surface area contributed by atoms with Crippen LogP contribution in [0.25, 0.3) is 0 Å². The SMILES string of the molecule is Cc1ccc(C(N)=O)cc1NC(=O)N1CCN(C2CCS(=O)(=O)C2)CC1. The highest BCUT2D eigenvalue weighted by molar-refractivity contribution is 7.91. The normalized spacial score (nSPS) is 23.0. The van der Waals surface area contributed by atoms with Crippen molar-refractivity contribution in [2.24, 2.45) is 5.73 Å². The van der Waals surface area contributed by atoms with Crippen LogP contribution in [-0.4, -0.2) is 73.9 Å². The van der Waals surface area contributed by atoms with E-state index in [1.54, 1.807) is 23.1 Å². The highest BCUT2D eigenvalue weighted by atomic mass is 32.2. The van der Waals surface area contributed by atoms with Crippen molar-refractivity contribution in [3.63, 3.8) is 0 Å². The number of primary amides is 1. The molecule has 8 nitrogen and oxygen atoms in total. The van der Waals surface area contributed by atoms with E-state index < -0.39 is 15.7 Å². The summed E-state index contributed by atoms with van der Waals surface area (Å²) in [5.41, 5.74) is 7.05. The highest BCUT2D eigenvalue weighted by Crippen LogP contribution is 2.21. The number of nitrogens with zero attached hydrogens (tertiary/aromatic N) is 2. The van der Waals surface area contributed by atoms with Crippen molar-refractivity contribution in [2.75, 3.05) is 43.0 Å². The van der Waals surface area contributed by atoms with Crippen molar-refractivity contribution in [2.45, 2.75) is 19.4 Å². The summed E-state index contributed by atoms with van der Waals surface area (Å²) in [6.45, 7) is 4.24. The van der Waals surface area contributed by atoms with Crippen LogP contribution < -0.4 is 11.1 Å². The molecule has 2 heterocycles. The molecule has 0 aliphatic carbocycles. The van der Waals surface area contributed by atoms with E-state index in [2.05, 4.69) is 10.2 Å². The second kappa shape index (κ2) is 7.24. The van der Waals surface area contributed by atoms with E-state index in [4.69, 9.17) is 5.73 Å². The summed E-state index contributed by atoms with van der Waals surface area (Å²) in [4.78, 5) is 27.7. The van der Waals surface area contributed by atoms with Crippen molar-refractivity contribution < 1.29 is 18.0 Å². The van der Waals surface area contributed by atoms with Crippen LogP contribution in [0.3, 0.4) is 0 Å². The van der Waals surface area contributed by atoms with Gasteiger partial charge in [0.2, 0.25) is 5.91 Å². The fourth-order valence-corrected chi connectivity index (χ4v) is 5.22. The van der Waals surface area contributed by atoms with Crippen LogP contribution in [0.5, 0.6) is 0 Å². The Morgan fingerprint density at radius 3 is 2.46 bits per heavy atom. The molecular weight excluding hydrogens is 356 g/mol. The van der Waals surface area contributed by atoms with Crippen molar-refractivity contribution in [1.82, 2.24) is 9.80 Å². The highest BCUT2D eigenvalue weighted by Gasteiger charge is 2.34. The van der Waals surface area contributed by atoms with Crippen LogP contribution in [0.1, 0.15) is 22.3 Å². The quantitative estimate of drug-likeness (QED) is 0.790. The van der Waals surface area contributed by atoms with Gasteiger partial charge in [0.25, 0.3) is 0 Å². The van der Waals surface area contributed by atoms with Crippen LogP contribution in [-0.2, 0) is 9.84 Å². The summed E-state index contributed by atoms with van der Waals surface area (Å²) < 4.78 is 23.3. The number of aryl methyl sites for hydroxylation is 1.